The van der Waals surface area contributed by atoms with Gasteiger partial charge in [0.25, 0.3) is 0 Å². The van der Waals surface area contributed by atoms with Crippen LogP contribution in [0.5, 0.6) is 0 Å². The molecule has 3 N–H and O–H groups in total. The van der Waals surface area contributed by atoms with E-state index in [1.807, 2.05) is 6.07 Å². The second-order valence-corrected chi connectivity index (χ2v) is 4.59. The zero-order chi connectivity index (χ0) is 12.4. The lowest BCUT2D eigenvalue weighted by molar-refractivity contribution is 0.590. The maximum Gasteiger partial charge on any atom is 0.0726 e. The van der Waals surface area contributed by atoms with Crippen LogP contribution in [0.2, 0.25) is 0 Å². The fraction of sp³-hybridized carbons (Fsp3) is 0.357. The number of rotatable bonds is 2. The first-order valence-electron chi connectivity index (χ1n) is 6.43. The maximum absolute atomic E-state index is 5.75. The number of para-hydroxylation sites is 1. The van der Waals surface area contributed by atoms with Crippen molar-refractivity contribution in [2.45, 2.75) is 6.54 Å². The monoisotopic (exact) mass is 242 g/mol. The number of fused-ring (bicyclic) bond motifs is 1. The average molecular weight is 242 g/mol. The van der Waals surface area contributed by atoms with Crippen molar-refractivity contribution >= 4 is 16.6 Å². The van der Waals surface area contributed by atoms with Crippen LogP contribution >= 0.6 is 0 Å². The van der Waals surface area contributed by atoms with Crippen molar-refractivity contribution in [3.63, 3.8) is 0 Å². The van der Waals surface area contributed by atoms with Crippen LogP contribution in [0.1, 0.15) is 5.69 Å². The van der Waals surface area contributed by atoms with Gasteiger partial charge < -0.3 is 16.0 Å². The van der Waals surface area contributed by atoms with Crippen LogP contribution < -0.4 is 16.0 Å². The minimum absolute atomic E-state index is 0.490. The zero-order valence-electron chi connectivity index (χ0n) is 10.4. The van der Waals surface area contributed by atoms with Crippen molar-refractivity contribution in [3.05, 3.63) is 36.0 Å². The standard InChI is InChI=1S/C14H18N4/c15-10-11-9-14(18-7-5-16-6-8-18)12-3-1-2-4-13(12)17-11/h1-4,9,16H,5-8,10,15H2. The number of benzene rings is 1. The van der Waals surface area contributed by atoms with Crippen molar-refractivity contribution in [1.29, 1.82) is 0 Å². The Morgan fingerprint density at radius 1 is 1.22 bits per heavy atom. The van der Waals surface area contributed by atoms with Crippen LogP contribution in [0, 0.1) is 0 Å². The average Bonchev–Trinajstić information content (AvgIpc) is 2.47. The summed E-state index contributed by atoms with van der Waals surface area (Å²) in [6.45, 7) is 4.64. The summed E-state index contributed by atoms with van der Waals surface area (Å²) in [4.78, 5) is 7.00. The lowest BCUT2D eigenvalue weighted by Gasteiger charge is -2.30. The molecule has 1 fully saturated rings. The minimum atomic E-state index is 0.490. The highest BCUT2D eigenvalue weighted by Crippen LogP contribution is 2.26. The molecule has 0 saturated carbocycles. The Bertz CT molecular complexity index is 546. The summed E-state index contributed by atoms with van der Waals surface area (Å²) >= 11 is 0. The van der Waals surface area contributed by atoms with Crippen molar-refractivity contribution in [3.8, 4) is 0 Å². The van der Waals surface area contributed by atoms with E-state index in [2.05, 4.69) is 39.5 Å². The molecule has 0 aliphatic carbocycles. The van der Waals surface area contributed by atoms with Gasteiger partial charge in [-0.15, -0.1) is 0 Å². The molecule has 2 heterocycles. The molecule has 4 heteroatoms. The van der Waals surface area contributed by atoms with Gasteiger partial charge in [-0.05, 0) is 12.1 Å². The van der Waals surface area contributed by atoms with Crippen LogP contribution in [0.15, 0.2) is 30.3 Å². The van der Waals surface area contributed by atoms with Gasteiger partial charge in [0.15, 0.2) is 0 Å². The molecule has 0 amide bonds. The van der Waals surface area contributed by atoms with Crippen LogP contribution in [0.3, 0.4) is 0 Å². The topological polar surface area (TPSA) is 54.2 Å². The van der Waals surface area contributed by atoms with Crippen molar-refractivity contribution < 1.29 is 0 Å². The molecular weight excluding hydrogens is 224 g/mol. The summed E-state index contributed by atoms with van der Waals surface area (Å²) in [5, 5.41) is 4.60. The lowest BCUT2D eigenvalue weighted by atomic mass is 10.1. The van der Waals surface area contributed by atoms with Gasteiger partial charge in [0.05, 0.1) is 11.2 Å². The van der Waals surface area contributed by atoms with Crippen LogP contribution in [0.25, 0.3) is 10.9 Å². The van der Waals surface area contributed by atoms with Crippen LogP contribution in [-0.2, 0) is 6.54 Å². The summed E-state index contributed by atoms with van der Waals surface area (Å²) in [6, 6.07) is 10.4. The summed E-state index contributed by atoms with van der Waals surface area (Å²) in [7, 11) is 0. The minimum Gasteiger partial charge on any atom is -0.368 e. The van der Waals surface area contributed by atoms with Crippen LogP contribution in [-0.4, -0.2) is 31.2 Å². The third-order valence-corrected chi connectivity index (χ3v) is 3.41. The van der Waals surface area contributed by atoms with Gasteiger partial charge in [0.2, 0.25) is 0 Å². The predicted molar refractivity (Wildman–Crippen MR) is 74.7 cm³/mol. The Morgan fingerprint density at radius 2 is 2.00 bits per heavy atom. The SMILES string of the molecule is NCc1cc(N2CCNCC2)c2ccccc2n1. The number of anilines is 1. The smallest absolute Gasteiger partial charge is 0.0726 e. The van der Waals surface area contributed by atoms with E-state index in [1.54, 1.807) is 0 Å². The summed E-state index contributed by atoms with van der Waals surface area (Å²) < 4.78 is 0. The molecular formula is C14H18N4. The van der Waals surface area contributed by atoms with E-state index in [0.717, 1.165) is 37.4 Å². The van der Waals surface area contributed by atoms with Gasteiger partial charge in [-0.3, -0.25) is 4.98 Å². The summed E-state index contributed by atoms with van der Waals surface area (Å²) in [5.74, 6) is 0. The molecule has 1 aliphatic heterocycles. The largest absolute Gasteiger partial charge is 0.368 e. The summed E-state index contributed by atoms with van der Waals surface area (Å²) in [5.41, 5.74) is 9.01. The van der Waals surface area contributed by atoms with E-state index >= 15 is 0 Å². The Labute approximate surface area is 107 Å². The molecule has 18 heavy (non-hydrogen) atoms. The molecule has 0 atom stereocenters. The molecule has 1 aromatic heterocycles. The molecule has 94 valence electrons. The maximum atomic E-state index is 5.75. The Kier molecular flexibility index (Phi) is 3.13. The molecule has 1 aliphatic rings. The highest BCUT2D eigenvalue weighted by atomic mass is 15.2. The Balaban J connectivity index is 2.12. The van der Waals surface area contributed by atoms with Gasteiger partial charge >= 0.3 is 0 Å². The van der Waals surface area contributed by atoms with Gasteiger partial charge in [0.1, 0.15) is 0 Å². The molecule has 0 radical (unpaired) electrons. The van der Waals surface area contributed by atoms with E-state index in [0.29, 0.717) is 6.54 Å². The number of aromatic nitrogens is 1. The molecule has 1 aromatic carbocycles. The third-order valence-electron chi connectivity index (χ3n) is 3.41. The molecule has 0 spiro atoms. The van der Waals surface area contributed by atoms with Gasteiger partial charge in [0, 0.05) is 43.8 Å². The molecule has 0 bridgehead atoms. The molecule has 3 rings (SSSR count). The van der Waals surface area contributed by atoms with Crippen LogP contribution in [0.4, 0.5) is 5.69 Å². The fourth-order valence-electron chi connectivity index (χ4n) is 2.48. The number of piperazine rings is 1. The van der Waals surface area contributed by atoms with E-state index in [1.165, 1.54) is 11.1 Å². The van der Waals surface area contributed by atoms with Crippen molar-refractivity contribution in [1.82, 2.24) is 10.3 Å². The Hall–Kier alpha value is -1.65. The normalized spacial score (nSPS) is 16.2. The predicted octanol–water partition coefficient (Wildman–Crippen LogP) is 1.10. The number of nitrogens with zero attached hydrogens (tertiary/aromatic N) is 2. The number of pyridine rings is 1. The van der Waals surface area contributed by atoms with E-state index < -0.39 is 0 Å². The zero-order valence-corrected chi connectivity index (χ0v) is 10.4. The highest BCUT2D eigenvalue weighted by Gasteiger charge is 2.14. The van der Waals surface area contributed by atoms with E-state index in [-0.39, 0.29) is 0 Å². The lowest BCUT2D eigenvalue weighted by Crippen LogP contribution is -2.43. The fourth-order valence-corrected chi connectivity index (χ4v) is 2.48. The first kappa shape index (κ1) is 11.4. The Morgan fingerprint density at radius 3 is 2.78 bits per heavy atom. The number of nitrogens with two attached hydrogens (primary N) is 1. The first-order chi connectivity index (χ1) is 8.88. The van der Waals surface area contributed by atoms with E-state index in [4.69, 9.17) is 5.73 Å². The summed E-state index contributed by atoms with van der Waals surface area (Å²) in [6.07, 6.45) is 0. The van der Waals surface area contributed by atoms with Crippen molar-refractivity contribution in [2.24, 2.45) is 5.73 Å². The number of hydrogen-bond donors (Lipinski definition) is 2. The van der Waals surface area contributed by atoms with Gasteiger partial charge in [-0.25, -0.2) is 0 Å². The molecule has 4 nitrogen and oxygen atoms in total. The third kappa shape index (κ3) is 2.05. The number of hydrogen-bond acceptors (Lipinski definition) is 4. The second kappa shape index (κ2) is 4.92. The van der Waals surface area contributed by atoms with E-state index in [9.17, 15) is 0 Å². The van der Waals surface area contributed by atoms with Gasteiger partial charge in [-0.2, -0.15) is 0 Å². The molecule has 0 unspecified atom stereocenters. The van der Waals surface area contributed by atoms with Crippen molar-refractivity contribution in [2.75, 3.05) is 31.1 Å². The first-order valence-corrected chi connectivity index (χ1v) is 6.43. The van der Waals surface area contributed by atoms with Gasteiger partial charge in [-0.1, -0.05) is 18.2 Å². The molecule has 1 saturated heterocycles. The highest BCUT2D eigenvalue weighted by molar-refractivity contribution is 5.92. The quantitative estimate of drug-likeness (QED) is 0.828. The molecule has 2 aromatic rings. The number of nitrogens with one attached hydrogen (secondary N) is 1. The second-order valence-electron chi connectivity index (χ2n) is 4.59.